The van der Waals surface area contributed by atoms with Gasteiger partial charge in [0.15, 0.2) is 0 Å². The number of rotatable bonds is 5. The molecular weight excluding hydrogens is 331 g/mol. The zero-order valence-corrected chi connectivity index (χ0v) is 13.6. The van der Waals surface area contributed by atoms with Crippen molar-refractivity contribution >= 4 is 38.9 Å². The molecule has 0 saturated heterocycles. The van der Waals surface area contributed by atoms with Gasteiger partial charge in [0.25, 0.3) is 10.0 Å². The van der Waals surface area contributed by atoms with E-state index in [0.717, 1.165) is 5.56 Å². The molecule has 0 aliphatic rings. The molecule has 21 heavy (non-hydrogen) atoms. The normalized spacial score (nSPS) is 11.4. The molecule has 7 heteroatoms. The van der Waals surface area contributed by atoms with E-state index in [9.17, 15) is 8.42 Å². The highest BCUT2D eigenvalue weighted by atomic mass is 35.5. The standard InChI is InChI=1S/C14H14Cl2N2O2S/c1-17-9-10-4-2-3-5-14(10)18-21(19,20)13-7-11(15)6-12(16)8-13/h2-8,17-18H,9H2,1H3. The summed E-state index contributed by atoms with van der Waals surface area (Å²) < 4.78 is 27.4. The van der Waals surface area contributed by atoms with Gasteiger partial charge in [0.05, 0.1) is 10.6 Å². The van der Waals surface area contributed by atoms with Crippen molar-refractivity contribution in [3.8, 4) is 0 Å². The Morgan fingerprint density at radius 2 is 1.67 bits per heavy atom. The van der Waals surface area contributed by atoms with Gasteiger partial charge in [-0.1, -0.05) is 41.4 Å². The van der Waals surface area contributed by atoms with Crippen molar-refractivity contribution < 1.29 is 8.42 Å². The first-order valence-electron chi connectivity index (χ1n) is 6.14. The van der Waals surface area contributed by atoms with Crippen molar-refractivity contribution in [3.05, 3.63) is 58.1 Å². The highest BCUT2D eigenvalue weighted by Crippen LogP contribution is 2.25. The second-order valence-electron chi connectivity index (χ2n) is 4.40. The predicted octanol–water partition coefficient (Wildman–Crippen LogP) is 3.51. The fraction of sp³-hybridized carbons (Fsp3) is 0.143. The van der Waals surface area contributed by atoms with Crippen molar-refractivity contribution in [2.75, 3.05) is 11.8 Å². The summed E-state index contributed by atoms with van der Waals surface area (Å²) in [6.07, 6.45) is 0. The number of nitrogens with one attached hydrogen (secondary N) is 2. The summed E-state index contributed by atoms with van der Waals surface area (Å²) in [5, 5.41) is 3.53. The van der Waals surface area contributed by atoms with Crippen LogP contribution < -0.4 is 10.0 Å². The van der Waals surface area contributed by atoms with Crippen molar-refractivity contribution in [2.24, 2.45) is 0 Å². The van der Waals surface area contributed by atoms with Gasteiger partial charge in [-0.15, -0.1) is 0 Å². The number of para-hydroxylation sites is 1. The van der Waals surface area contributed by atoms with E-state index in [-0.39, 0.29) is 14.9 Å². The molecule has 0 aliphatic heterocycles. The maximum Gasteiger partial charge on any atom is 0.262 e. The molecule has 2 aromatic rings. The van der Waals surface area contributed by atoms with Gasteiger partial charge < -0.3 is 5.32 Å². The Hall–Kier alpha value is -1.27. The summed E-state index contributed by atoms with van der Waals surface area (Å²) in [6, 6.07) is 11.4. The van der Waals surface area contributed by atoms with Crippen LogP contribution in [0.15, 0.2) is 47.4 Å². The number of hydrogen-bond acceptors (Lipinski definition) is 3. The summed E-state index contributed by atoms with van der Waals surface area (Å²) in [5.41, 5.74) is 1.36. The van der Waals surface area contributed by atoms with Crippen molar-refractivity contribution in [2.45, 2.75) is 11.4 Å². The number of halogens is 2. The van der Waals surface area contributed by atoms with Crippen LogP contribution in [-0.2, 0) is 16.6 Å². The Balaban J connectivity index is 2.37. The number of hydrogen-bond donors (Lipinski definition) is 2. The molecule has 112 valence electrons. The van der Waals surface area contributed by atoms with E-state index in [1.807, 2.05) is 12.1 Å². The van der Waals surface area contributed by atoms with Gasteiger partial charge >= 0.3 is 0 Å². The molecule has 4 nitrogen and oxygen atoms in total. The SMILES string of the molecule is CNCc1ccccc1NS(=O)(=O)c1cc(Cl)cc(Cl)c1. The van der Waals surface area contributed by atoms with Gasteiger partial charge in [-0.3, -0.25) is 4.72 Å². The molecule has 2 N–H and O–H groups in total. The van der Waals surface area contributed by atoms with Gasteiger partial charge in [-0.25, -0.2) is 8.42 Å². The summed E-state index contributed by atoms with van der Waals surface area (Å²) in [5.74, 6) is 0. The van der Waals surface area contributed by atoms with Crippen LogP contribution in [-0.4, -0.2) is 15.5 Å². The highest BCUT2D eigenvalue weighted by Gasteiger charge is 2.17. The van der Waals surface area contributed by atoms with Crippen LogP contribution in [0.4, 0.5) is 5.69 Å². The Morgan fingerprint density at radius 1 is 1.05 bits per heavy atom. The summed E-state index contributed by atoms with van der Waals surface area (Å²) in [6.45, 7) is 0.551. The van der Waals surface area contributed by atoms with Crippen molar-refractivity contribution in [1.29, 1.82) is 0 Å². The first-order chi connectivity index (χ1) is 9.92. The van der Waals surface area contributed by atoms with E-state index in [0.29, 0.717) is 12.2 Å². The molecule has 0 atom stereocenters. The Morgan fingerprint density at radius 3 is 2.29 bits per heavy atom. The van der Waals surface area contributed by atoms with Gasteiger partial charge in [-0.2, -0.15) is 0 Å². The lowest BCUT2D eigenvalue weighted by molar-refractivity contribution is 0.601. The zero-order valence-electron chi connectivity index (χ0n) is 11.2. The molecule has 0 amide bonds. The molecule has 0 heterocycles. The molecule has 0 fully saturated rings. The van der Waals surface area contributed by atoms with E-state index in [1.54, 1.807) is 19.2 Å². The molecular formula is C14H14Cl2N2O2S. The third-order valence-electron chi connectivity index (χ3n) is 2.78. The van der Waals surface area contributed by atoms with Crippen LogP contribution in [0.25, 0.3) is 0 Å². The second kappa shape index (κ2) is 6.66. The molecule has 0 bridgehead atoms. The van der Waals surface area contributed by atoms with Crippen molar-refractivity contribution in [3.63, 3.8) is 0 Å². The van der Waals surface area contributed by atoms with Gasteiger partial charge in [0.2, 0.25) is 0 Å². The molecule has 0 unspecified atom stereocenters. The Labute approximate surface area is 134 Å². The minimum Gasteiger partial charge on any atom is -0.316 e. The number of benzene rings is 2. The van der Waals surface area contributed by atoms with Crippen molar-refractivity contribution in [1.82, 2.24) is 5.32 Å². The molecule has 2 aromatic carbocycles. The fourth-order valence-corrected chi connectivity index (χ4v) is 3.68. The Bertz CT molecular complexity index is 728. The first kappa shape index (κ1) is 16.1. The molecule has 0 spiro atoms. The lowest BCUT2D eigenvalue weighted by Crippen LogP contribution is -2.16. The summed E-state index contributed by atoms with van der Waals surface area (Å²) >= 11 is 11.7. The maximum atomic E-state index is 12.4. The maximum absolute atomic E-state index is 12.4. The predicted molar refractivity (Wildman–Crippen MR) is 86.5 cm³/mol. The van der Waals surface area contributed by atoms with E-state index < -0.39 is 10.0 Å². The Kier molecular flexibility index (Phi) is 5.11. The minimum absolute atomic E-state index is 0.0271. The first-order valence-corrected chi connectivity index (χ1v) is 8.38. The van der Waals surface area contributed by atoms with Gasteiger partial charge in [-0.05, 0) is 36.9 Å². The number of anilines is 1. The minimum atomic E-state index is -3.75. The smallest absolute Gasteiger partial charge is 0.262 e. The largest absolute Gasteiger partial charge is 0.316 e. The fourth-order valence-electron chi connectivity index (χ4n) is 1.85. The third-order valence-corrected chi connectivity index (χ3v) is 4.56. The van der Waals surface area contributed by atoms with Crippen LogP contribution in [0.5, 0.6) is 0 Å². The van der Waals surface area contributed by atoms with E-state index >= 15 is 0 Å². The van der Waals surface area contributed by atoms with E-state index in [1.165, 1.54) is 18.2 Å². The van der Waals surface area contributed by atoms with Crippen LogP contribution in [0.1, 0.15) is 5.56 Å². The van der Waals surface area contributed by atoms with Gasteiger partial charge in [0.1, 0.15) is 0 Å². The van der Waals surface area contributed by atoms with Crippen LogP contribution in [0.3, 0.4) is 0 Å². The third kappa shape index (κ3) is 4.11. The average Bonchev–Trinajstić information content (AvgIpc) is 2.40. The topological polar surface area (TPSA) is 58.2 Å². The molecule has 0 aromatic heterocycles. The second-order valence-corrected chi connectivity index (χ2v) is 6.95. The van der Waals surface area contributed by atoms with Crippen LogP contribution in [0, 0.1) is 0 Å². The lowest BCUT2D eigenvalue weighted by Gasteiger charge is -2.12. The monoisotopic (exact) mass is 344 g/mol. The lowest BCUT2D eigenvalue weighted by atomic mass is 10.2. The van der Waals surface area contributed by atoms with E-state index in [4.69, 9.17) is 23.2 Å². The summed E-state index contributed by atoms with van der Waals surface area (Å²) in [7, 11) is -1.95. The average molecular weight is 345 g/mol. The summed E-state index contributed by atoms with van der Waals surface area (Å²) in [4.78, 5) is 0.0271. The zero-order chi connectivity index (χ0) is 15.5. The quantitative estimate of drug-likeness (QED) is 0.872. The van der Waals surface area contributed by atoms with Crippen LogP contribution in [0.2, 0.25) is 10.0 Å². The molecule has 0 saturated carbocycles. The van der Waals surface area contributed by atoms with Crippen LogP contribution >= 0.6 is 23.2 Å². The molecule has 0 aliphatic carbocycles. The molecule has 0 radical (unpaired) electrons. The number of sulfonamides is 1. The van der Waals surface area contributed by atoms with Gasteiger partial charge in [0, 0.05) is 16.6 Å². The van der Waals surface area contributed by atoms with E-state index in [2.05, 4.69) is 10.0 Å². The highest BCUT2D eigenvalue weighted by molar-refractivity contribution is 7.92. The molecule has 2 rings (SSSR count).